The zero-order chi connectivity index (χ0) is 21.1. The van der Waals surface area contributed by atoms with Gasteiger partial charge in [-0.15, -0.1) is 0 Å². The summed E-state index contributed by atoms with van der Waals surface area (Å²) >= 11 is 6.63. The van der Waals surface area contributed by atoms with Gasteiger partial charge in [-0.05, 0) is 55.3 Å². The Morgan fingerprint density at radius 1 is 1.24 bits per heavy atom. The Bertz CT molecular complexity index is 1020. The summed E-state index contributed by atoms with van der Waals surface area (Å²) in [4.78, 5) is 25.9. The third-order valence-electron chi connectivity index (χ3n) is 4.19. The SMILES string of the molecule is COc1cc(/C=C2/SC(=S)N(c3cccc(C)c3)C2=O)ccc1OC(C)C(=O)O. The molecule has 8 heteroatoms. The van der Waals surface area contributed by atoms with Crippen LogP contribution in [0.5, 0.6) is 11.5 Å². The summed E-state index contributed by atoms with van der Waals surface area (Å²) < 4.78 is 11.2. The maximum absolute atomic E-state index is 12.9. The molecule has 0 aliphatic carbocycles. The summed E-state index contributed by atoms with van der Waals surface area (Å²) in [6.07, 6.45) is 0.711. The Hall–Kier alpha value is -2.84. The van der Waals surface area contributed by atoms with Crippen LogP contribution in [0.1, 0.15) is 18.1 Å². The minimum Gasteiger partial charge on any atom is -0.493 e. The summed E-state index contributed by atoms with van der Waals surface area (Å²) in [5.41, 5.74) is 2.48. The smallest absolute Gasteiger partial charge is 0.344 e. The highest BCUT2D eigenvalue weighted by atomic mass is 32.2. The molecule has 1 amide bonds. The van der Waals surface area contributed by atoms with E-state index in [0.29, 0.717) is 26.3 Å². The number of carbonyl (C=O) groups excluding carboxylic acids is 1. The fourth-order valence-electron chi connectivity index (χ4n) is 2.72. The molecule has 0 aromatic heterocycles. The standard InChI is InChI=1S/C21H19NO5S2/c1-12-5-4-6-15(9-12)22-19(23)18(29-21(22)28)11-14-7-8-16(17(10-14)26-3)27-13(2)20(24)25/h4-11,13H,1-3H3,(H,24,25)/b18-11+. The number of benzene rings is 2. The van der Waals surface area contributed by atoms with E-state index in [0.717, 1.165) is 11.3 Å². The van der Waals surface area contributed by atoms with Crippen LogP contribution < -0.4 is 14.4 Å². The van der Waals surface area contributed by atoms with E-state index in [2.05, 4.69) is 0 Å². The highest BCUT2D eigenvalue weighted by Crippen LogP contribution is 2.37. The zero-order valence-corrected chi connectivity index (χ0v) is 17.7. The molecule has 150 valence electrons. The zero-order valence-electron chi connectivity index (χ0n) is 16.0. The molecule has 1 fully saturated rings. The highest BCUT2D eigenvalue weighted by molar-refractivity contribution is 8.27. The van der Waals surface area contributed by atoms with Gasteiger partial charge in [-0.1, -0.05) is 42.2 Å². The average molecular weight is 430 g/mol. The van der Waals surface area contributed by atoms with Crippen molar-refractivity contribution in [2.24, 2.45) is 0 Å². The normalized spacial score (nSPS) is 16.2. The molecular formula is C21H19NO5S2. The van der Waals surface area contributed by atoms with E-state index in [4.69, 9.17) is 26.8 Å². The molecule has 0 bridgehead atoms. The van der Waals surface area contributed by atoms with E-state index >= 15 is 0 Å². The molecule has 1 aliphatic rings. The number of ether oxygens (including phenoxy) is 2. The van der Waals surface area contributed by atoms with Crippen LogP contribution in [-0.4, -0.2) is 34.5 Å². The number of carboxylic acid groups (broad SMARTS) is 1. The van der Waals surface area contributed by atoms with Gasteiger partial charge in [0.2, 0.25) is 0 Å². The molecule has 1 saturated heterocycles. The van der Waals surface area contributed by atoms with Crippen LogP contribution in [-0.2, 0) is 9.59 Å². The molecule has 1 aliphatic heterocycles. The van der Waals surface area contributed by atoms with Gasteiger partial charge in [0, 0.05) is 0 Å². The lowest BCUT2D eigenvalue weighted by atomic mass is 10.1. The van der Waals surface area contributed by atoms with Gasteiger partial charge in [-0.25, -0.2) is 4.79 Å². The number of anilines is 1. The van der Waals surface area contributed by atoms with Gasteiger partial charge in [0.1, 0.15) is 0 Å². The number of hydrogen-bond donors (Lipinski definition) is 1. The first-order valence-corrected chi connectivity index (χ1v) is 9.94. The van der Waals surface area contributed by atoms with Crippen molar-refractivity contribution in [1.82, 2.24) is 0 Å². The van der Waals surface area contributed by atoms with Gasteiger partial charge in [-0.2, -0.15) is 0 Å². The molecule has 6 nitrogen and oxygen atoms in total. The van der Waals surface area contributed by atoms with E-state index in [1.165, 1.54) is 30.7 Å². The number of aryl methyl sites for hydroxylation is 1. The Morgan fingerprint density at radius 3 is 2.66 bits per heavy atom. The van der Waals surface area contributed by atoms with Crippen molar-refractivity contribution in [2.45, 2.75) is 20.0 Å². The molecule has 29 heavy (non-hydrogen) atoms. The minimum atomic E-state index is -1.07. The van der Waals surface area contributed by atoms with Crippen LogP contribution >= 0.6 is 24.0 Å². The van der Waals surface area contributed by atoms with Gasteiger partial charge in [-0.3, -0.25) is 9.69 Å². The number of aliphatic carboxylic acids is 1. The summed E-state index contributed by atoms with van der Waals surface area (Å²) in [5, 5.41) is 9.01. The number of thiocarbonyl (C=S) groups is 1. The summed E-state index contributed by atoms with van der Waals surface area (Å²) in [6.45, 7) is 3.39. The summed E-state index contributed by atoms with van der Waals surface area (Å²) in [7, 11) is 1.47. The second kappa shape index (κ2) is 8.67. The molecule has 2 aromatic rings. The van der Waals surface area contributed by atoms with Crippen LogP contribution in [0.4, 0.5) is 5.69 Å². The number of amides is 1. The van der Waals surface area contributed by atoms with Gasteiger partial charge < -0.3 is 14.6 Å². The Kier molecular flexibility index (Phi) is 6.24. The van der Waals surface area contributed by atoms with E-state index in [9.17, 15) is 9.59 Å². The highest BCUT2D eigenvalue weighted by Gasteiger charge is 2.33. The van der Waals surface area contributed by atoms with E-state index in [-0.39, 0.29) is 5.91 Å². The van der Waals surface area contributed by atoms with Crippen molar-refractivity contribution in [1.29, 1.82) is 0 Å². The Morgan fingerprint density at radius 2 is 2.00 bits per heavy atom. The third-order valence-corrected chi connectivity index (χ3v) is 5.49. The number of nitrogens with zero attached hydrogens (tertiary/aromatic N) is 1. The van der Waals surface area contributed by atoms with Crippen molar-refractivity contribution in [3.05, 3.63) is 58.5 Å². The minimum absolute atomic E-state index is 0.190. The van der Waals surface area contributed by atoms with Gasteiger partial charge in [0.25, 0.3) is 5.91 Å². The molecule has 1 unspecified atom stereocenters. The second-order valence-corrected chi connectivity index (χ2v) is 8.04. The summed E-state index contributed by atoms with van der Waals surface area (Å²) in [6, 6.07) is 12.6. The first-order chi connectivity index (χ1) is 13.8. The molecule has 0 radical (unpaired) electrons. The Labute approximate surface area is 178 Å². The first kappa shape index (κ1) is 20.9. The maximum Gasteiger partial charge on any atom is 0.344 e. The van der Waals surface area contributed by atoms with Crippen molar-refractivity contribution in [2.75, 3.05) is 12.0 Å². The average Bonchev–Trinajstić information content (AvgIpc) is 2.95. The van der Waals surface area contributed by atoms with Crippen LogP contribution in [0.25, 0.3) is 6.08 Å². The van der Waals surface area contributed by atoms with Crippen molar-refractivity contribution >= 4 is 51.9 Å². The van der Waals surface area contributed by atoms with E-state index in [1.54, 1.807) is 24.3 Å². The van der Waals surface area contributed by atoms with Crippen molar-refractivity contribution in [3.8, 4) is 11.5 Å². The molecule has 0 spiro atoms. The van der Waals surface area contributed by atoms with Crippen LogP contribution in [0, 0.1) is 6.92 Å². The lowest BCUT2D eigenvalue weighted by Crippen LogP contribution is -2.27. The number of carbonyl (C=O) groups is 2. The predicted octanol–water partition coefficient (Wildman–Crippen LogP) is 4.26. The third kappa shape index (κ3) is 4.60. The summed E-state index contributed by atoms with van der Waals surface area (Å²) in [5.74, 6) is -0.576. The topological polar surface area (TPSA) is 76.1 Å². The van der Waals surface area contributed by atoms with Gasteiger partial charge in [0.05, 0.1) is 17.7 Å². The number of thioether (sulfide) groups is 1. The lowest BCUT2D eigenvalue weighted by Gasteiger charge is -2.15. The fraction of sp³-hybridized carbons (Fsp3) is 0.190. The first-order valence-electron chi connectivity index (χ1n) is 8.72. The molecule has 3 rings (SSSR count). The quantitative estimate of drug-likeness (QED) is 0.543. The number of methoxy groups -OCH3 is 1. The fourth-order valence-corrected chi connectivity index (χ4v) is 4.02. The second-order valence-electron chi connectivity index (χ2n) is 6.36. The van der Waals surface area contributed by atoms with Gasteiger partial charge in [0.15, 0.2) is 21.9 Å². The largest absolute Gasteiger partial charge is 0.493 e. The number of rotatable bonds is 6. The lowest BCUT2D eigenvalue weighted by molar-refractivity contribution is -0.144. The molecule has 1 atom stereocenters. The van der Waals surface area contributed by atoms with Crippen molar-refractivity contribution in [3.63, 3.8) is 0 Å². The van der Waals surface area contributed by atoms with Crippen LogP contribution in [0.2, 0.25) is 0 Å². The number of carboxylic acids is 1. The van der Waals surface area contributed by atoms with Crippen LogP contribution in [0.15, 0.2) is 47.4 Å². The molecule has 1 heterocycles. The molecule has 1 N–H and O–H groups in total. The predicted molar refractivity (Wildman–Crippen MR) is 118 cm³/mol. The molecule has 2 aromatic carbocycles. The van der Waals surface area contributed by atoms with Gasteiger partial charge >= 0.3 is 5.97 Å². The van der Waals surface area contributed by atoms with Crippen LogP contribution in [0.3, 0.4) is 0 Å². The number of hydrogen-bond acceptors (Lipinski definition) is 6. The Balaban J connectivity index is 1.87. The van der Waals surface area contributed by atoms with E-state index in [1.807, 2.05) is 31.2 Å². The molecular weight excluding hydrogens is 410 g/mol. The molecule has 0 saturated carbocycles. The van der Waals surface area contributed by atoms with E-state index < -0.39 is 12.1 Å². The monoisotopic (exact) mass is 429 g/mol. The maximum atomic E-state index is 12.9. The van der Waals surface area contributed by atoms with Crippen molar-refractivity contribution < 1.29 is 24.2 Å².